The Hall–Kier alpha value is -2.47. The zero-order valence-corrected chi connectivity index (χ0v) is 12.2. The third kappa shape index (κ3) is 3.79. The summed E-state index contributed by atoms with van der Waals surface area (Å²) in [6.07, 6.45) is 0. The van der Waals surface area contributed by atoms with Gasteiger partial charge in [0.15, 0.2) is 11.6 Å². The first-order valence-corrected chi connectivity index (χ1v) is 6.58. The largest absolute Gasteiger partial charge is 0.318 e. The zero-order chi connectivity index (χ0) is 16.3. The molecular formula is C15H11ClF2N2O2. The fourth-order valence-corrected chi connectivity index (χ4v) is 1.80. The van der Waals surface area contributed by atoms with Crippen molar-refractivity contribution < 1.29 is 18.4 Å². The molecule has 0 radical (unpaired) electrons. The number of anilines is 2. The smallest absolute Gasteiger partial charge is 0.314 e. The van der Waals surface area contributed by atoms with E-state index in [4.69, 9.17) is 11.6 Å². The Kier molecular flexibility index (Phi) is 4.72. The lowest BCUT2D eigenvalue weighted by atomic mass is 10.2. The van der Waals surface area contributed by atoms with E-state index in [-0.39, 0.29) is 5.69 Å². The Labute approximate surface area is 130 Å². The summed E-state index contributed by atoms with van der Waals surface area (Å²) in [5, 5.41) is 4.96. The second-order valence-electron chi connectivity index (χ2n) is 4.50. The molecule has 0 atom stereocenters. The van der Waals surface area contributed by atoms with Crippen LogP contribution < -0.4 is 10.6 Å². The highest BCUT2D eigenvalue weighted by molar-refractivity contribution is 6.43. The Bertz CT molecular complexity index is 687. The van der Waals surface area contributed by atoms with Crippen molar-refractivity contribution in [2.45, 2.75) is 6.92 Å². The molecule has 22 heavy (non-hydrogen) atoms. The maximum Gasteiger partial charge on any atom is 0.314 e. The van der Waals surface area contributed by atoms with E-state index in [2.05, 4.69) is 10.6 Å². The highest BCUT2D eigenvalue weighted by Gasteiger charge is 2.15. The normalized spacial score (nSPS) is 10.2. The summed E-state index contributed by atoms with van der Waals surface area (Å²) in [5.41, 5.74) is 1.15. The molecule has 7 heteroatoms. The van der Waals surface area contributed by atoms with Gasteiger partial charge in [-0.15, -0.1) is 0 Å². The van der Waals surface area contributed by atoms with Crippen LogP contribution in [0.15, 0.2) is 36.4 Å². The van der Waals surface area contributed by atoms with Gasteiger partial charge in [0.2, 0.25) is 0 Å². The minimum absolute atomic E-state index is 0.0269. The van der Waals surface area contributed by atoms with Gasteiger partial charge in [-0.1, -0.05) is 17.7 Å². The van der Waals surface area contributed by atoms with E-state index in [1.807, 2.05) is 0 Å². The molecule has 2 amide bonds. The van der Waals surface area contributed by atoms with Gasteiger partial charge in [0.05, 0.1) is 0 Å². The zero-order valence-electron chi connectivity index (χ0n) is 11.4. The van der Waals surface area contributed by atoms with Crippen LogP contribution in [0, 0.1) is 18.6 Å². The maximum absolute atomic E-state index is 13.0. The lowest BCUT2D eigenvalue weighted by Crippen LogP contribution is -2.29. The average molecular weight is 325 g/mol. The highest BCUT2D eigenvalue weighted by atomic mass is 35.5. The molecule has 0 saturated carbocycles. The molecule has 0 aromatic heterocycles. The van der Waals surface area contributed by atoms with Crippen LogP contribution in [0.1, 0.15) is 5.56 Å². The summed E-state index contributed by atoms with van der Waals surface area (Å²) in [6.45, 7) is 1.80. The van der Waals surface area contributed by atoms with Gasteiger partial charge in [-0.3, -0.25) is 9.59 Å². The predicted octanol–water partition coefficient (Wildman–Crippen LogP) is 3.50. The number of benzene rings is 2. The first-order valence-electron chi connectivity index (χ1n) is 6.20. The van der Waals surface area contributed by atoms with Gasteiger partial charge in [-0.2, -0.15) is 0 Å². The van der Waals surface area contributed by atoms with Crippen molar-refractivity contribution in [3.8, 4) is 0 Å². The van der Waals surface area contributed by atoms with E-state index >= 15 is 0 Å². The quantitative estimate of drug-likeness (QED) is 0.831. The van der Waals surface area contributed by atoms with Crippen LogP contribution in [0.5, 0.6) is 0 Å². The van der Waals surface area contributed by atoms with Crippen LogP contribution in [-0.2, 0) is 9.59 Å². The number of amides is 2. The second kappa shape index (κ2) is 6.53. The number of hydrogen-bond donors (Lipinski definition) is 2. The van der Waals surface area contributed by atoms with E-state index < -0.39 is 23.4 Å². The summed E-state index contributed by atoms with van der Waals surface area (Å²) >= 11 is 5.91. The molecule has 4 nitrogen and oxygen atoms in total. The van der Waals surface area contributed by atoms with Crippen LogP contribution in [0.2, 0.25) is 5.02 Å². The summed E-state index contributed by atoms with van der Waals surface area (Å²) in [5.74, 6) is -4.13. The van der Waals surface area contributed by atoms with E-state index in [9.17, 15) is 18.4 Å². The molecule has 0 aliphatic rings. The van der Waals surface area contributed by atoms with Crippen molar-refractivity contribution in [2.24, 2.45) is 0 Å². The molecule has 0 aliphatic heterocycles. The lowest BCUT2D eigenvalue weighted by molar-refractivity contribution is -0.133. The van der Waals surface area contributed by atoms with Gasteiger partial charge >= 0.3 is 11.8 Å². The summed E-state index contributed by atoms with van der Waals surface area (Å²) < 4.78 is 25.8. The molecule has 0 bridgehead atoms. The number of nitrogens with one attached hydrogen (secondary N) is 2. The van der Waals surface area contributed by atoms with Crippen molar-refractivity contribution in [3.63, 3.8) is 0 Å². The fraction of sp³-hybridized carbons (Fsp3) is 0.0667. The van der Waals surface area contributed by atoms with Gasteiger partial charge < -0.3 is 10.6 Å². The molecule has 0 heterocycles. The number of aryl methyl sites for hydroxylation is 1. The Morgan fingerprint density at radius 3 is 2.00 bits per heavy atom. The third-order valence-electron chi connectivity index (χ3n) is 2.81. The molecule has 2 rings (SSSR count). The highest BCUT2D eigenvalue weighted by Crippen LogP contribution is 2.20. The van der Waals surface area contributed by atoms with Crippen molar-refractivity contribution >= 4 is 34.8 Å². The first kappa shape index (κ1) is 15.9. The van der Waals surface area contributed by atoms with Crippen LogP contribution in [0.4, 0.5) is 20.2 Å². The molecule has 0 saturated heterocycles. The van der Waals surface area contributed by atoms with Crippen molar-refractivity contribution in [2.75, 3.05) is 10.6 Å². The fourth-order valence-electron chi connectivity index (χ4n) is 1.62. The molecule has 2 N–H and O–H groups in total. The standard InChI is InChI=1S/C15H11ClF2N2O2/c1-8-2-3-9(6-11(8)16)19-14(21)15(22)20-10-4-5-12(17)13(18)7-10/h2-7H,1H3,(H,19,21)(H,20,22). The van der Waals surface area contributed by atoms with Crippen molar-refractivity contribution in [3.05, 3.63) is 58.6 Å². The van der Waals surface area contributed by atoms with Crippen molar-refractivity contribution in [1.29, 1.82) is 0 Å². The second-order valence-corrected chi connectivity index (χ2v) is 4.91. The van der Waals surface area contributed by atoms with E-state index in [1.54, 1.807) is 19.1 Å². The van der Waals surface area contributed by atoms with Gasteiger partial charge in [-0.25, -0.2) is 8.78 Å². The maximum atomic E-state index is 13.0. The molecule has 2 aromatic rings. The van der Waals surface area contributed by atoms with Gasteiger partial charge in [-0.05, 0) is 36.8 Å². The van der Waals surface area contributed by atoms with E-state index in [0.717, 1.165) is 23.8 Å². The lowest BCUT2D eigenvalue weighted by Gasteiger charge is -2.08. The minimum atomic E-state index is -1.12. The molecule has 0 unspecified atom stereocenters. The molecule has 2 aromatic carbocycles. The SMILES string of the molecule is Cc1ccc(NC(=O)C(=O)Nc2ccc(F)c(F)c2)cc1Cl. The van der Waals surface area contributed by atoms with E-state index in [1.165, 1.54) is 6.07 Å². The average Bonchev–Trinajstić information content (AvgIpc) is 2.46. The van der Waals surface area contributed by atoms with Gasteiger partial charge in [0, 0.05) is 22.5 Å². The van der Waals surface area contributed by atoms with Crippen LogP contribution in [0.25, 0.3) is 0 Å². The van der Waals surface area contributed by atoms with Crippen molar-refractivity contribution in [1.82, 2.24) is 0 Å². The molecular weight excluding hydrogens is 314 g/mol. The van der Waals surface area contributed by atoms with Crippen LogP contribution in [0.3, 0.4) is 0 Å². The minimum Gasteiger partial charge on any atom is -0.318 e. The third-order valence-corrected chi connectivity index (χ3v) is 3.22. The molecule has 114 valence electrons. The Balaban J connectivity index is 2.04. The number of rotatable bonds is 2. The number of carbonyl (C=O) groups is 2. The molecule has 0 spiro atoms. The number of carbonyl (C=O) groups excluding carboxylic acids is 2. The van der Waals surface area contributed by atoms with Crippen LogP contribution in [-0.4, -0.2) is 11.8 Å². The number of halogens is 3. The van der Waals surface area contributed by atoms with Gasteiger partial charge in [0.25, 0.3) is 0 Å². The van der Waals surface area contributed by atoms with E-state index in [0.29, 0.717) is 10.7 Å². The number of hydrogen-bond acceptors (Lipinski definition) is 2. The Morgan fingerprint density at radius 1 is 0.909 bits per heavy atom. The summed E-state index contributed by atoms with van der Waals surface area (Å²) in [7, 11) is 0. The van der Waals surface area contributed by atoms with Crippen LogP contribution >= 0.6 is 11.6 Å². The summed E-state index contributed by atoms with van der Waals surface area (Å²) in [4.78, 5) is 23.4. The topological polar surface area (TPSA) is 58.2 Å². The first-order chi connectivity index (χ1) is 10.4. The molecule has 0 fully saturated rings. The monoisotopic (exact) mass is 324 g/mol. The predicted molar refractivity (Wildman–Crippen MR) is 79.8 cm³/mol. The Morgan fingerprint density at radius 2 is 1.45 bits per heavy atom. The molecule has 0 aliphatic carbocycles. The summed E-state index contributed by atoms with van der Waals surface area (Å²) in [6, 6.07) is 7.55. The van der Waals surface area contributed by atoms with Gasteiger partial charge in [0.1, 0.15) is 0 Å².